The first-order valence-corrected chi connectivity index (χ1v) is 8.07. The van der Waals surface area contributed by atoms with Gasteiger partial charge in [-0.05, 0) is 32.3 Å². The SMILES string of the molecule is Cc1csc(N(CC(F)(F)F)C(=O)c2ccnn2C2CCC2)n1. The van der Waals surface area contributed by atoms with Crippen LogP contribution in [0.25, 0.3) is 0 Å². The van der Waals surface area contributed by atoms with Crippen molar-refractivity contribution >= 4 is 22.4 Å². The highest BCUT2D eigenvalue weighted by Gasteiger charge is 2.37. The van der Waals surface area contributed by atoms with Crippen molar-refractivity contribution in [3.63, 3.8) is 0 Å². The molecular formula is C14H15F3N4OS. The zero-order chi connectivity index (χ0) is 16.6. The number of halogens is 3. The molecule has 0 radical (unpaired) electrons. The molecule has 0 bridgehead atoms. The summed E-state index contributed by atoms with van der Waals surface area (Å²) in [5.41, 5.74) is 0.754. The molecule has 0 saturated heterocycles. The van der Waals surface area contributed by atoms with Crippen LogP contribution in [0.3, 0.4) is 0 Å². The summed E-state index contributed by atoms with van der Waals surface area (Å²) in [5, 5.41) is 5.78. The molecule has 5 nitrogen and oxygen atoms in total. The maximum Gasteiger partial charge on any atom is 0.406 e. The Morgan fingerprint density at radius 1 is 1.48 bits per heavy atom. The van der Waals surface area contributed by atoms with Crippen LogP contribution in [0.1, 0.15) is 41.5 Å². The largest absolute Gasteiger partial charge is 0.406 e. The molecule has 124 valence electrons. The first kappa shape index (κ1) is 16.0. The maximum absolute atomic E-state index is 12.9. The van der Waals surface area contributed by atoms with E-state index in [9.17, 15) is 18.0 Å². The van der Waals surface area contributed by atoms with Crippen LogP contribution in [0.2, 0.25) is 0 Å². The Labute approximate surface area is 134 Å². The molecular weight excluding hydrogens is 329 g/mol. The van der Waals surface area contributed by atoms with Gasteiger partial charge in [-0.2, -0.15) is 18.3 Å². The molecule has 1 amide bonds. The Morgan fingerprint density at radius 3 is 2.74 bits per heavy atom. The van der Waals surface area contributed by atoms with Crippen molar-refractivity contribution in [2.45, 2.75) is 38.4 Å². The van der Waals surface area contributed by atoms with E-state index in [-0.39, 0.29) is 16.9 Å². The summed E-state index contributed by atoms with van der Waals surface area (Å²) in [6.07, 6.45) is -0.244. The minimum atomic E-state index is -4.50. The van der Waals surface area contributed by atoms with Crippen molar-refractivity contribution in [2.75, 3.05) is 11.4 Å². The van der Waals surface area contributed by atoms with Crippen molar-refractivity contribution in [3.05, 3.63) is 29.0 Å². The predicted octanol–water partition coefficient (Wildman–Crippen LogP) is 3.58. The van der Waals surface area contributed by atoms with Gasteiger partial charge in [0.05, 0.1) is 11.7 Å². The van der Waals surface area contributed by atoms with E-state index in [4.69, 9.17) is 0 Å². The highest BCUT2D eigenvalue weighted by molar-refractivity contribution is 7.14. The number of carbonyl (C=O) groups is 1. The second-order valence-electron chi connectivity index (χ2n) is 5.52. The summed E-state index contributed by atoms with van der Waals surface area (Å²) in [7, 11) is 0. The predicted molar refractivity (Wildman–Crippen MR) is 79.7 cm³/mol. The lowest BCUT2D eigenvalue weighted by molar-refractivity contribution is -0.118. The van der Waals surface area contributed by atoms with Crippen LogP contribution < -0.4 is 4.90 Å². The Morgan fingerprint density at radius 2 is 2.22 bits per heavy atom. The number of aryl methyl sites for hydroxylation is 1. The van der Waals surface area contributed by atoms with Gasteiger partial charge in [0.2, 0.25) is 0 Å². The third kappa shape index (κ3) is 3.39. The molecule has 1 saturated carbocycles. The summed E-state index contributed by atoms with van der Waals surface area (Å²) < 4.78 is 40.2. The normalized spacial score (nSPS) is 15.5. The van der Waals surface area contributed by atoms with Crippen LogP contribution in [0, 0.1) is 6.92 Å². The van der Waals surface area contributed by atoms with Gasteiger partial charge >= 0.3 is 6.18 Å². The van der Waals surface area contributed by atoms with E-state index >= 15 is 0 Å². The smallest absolute Gasteiger partial charge is 0.273 e. The molecule has 2 aromatic rings. The molecule has 3 rings (SSSR count). The lowest BCUT2D eigenvalue weighted by atomic mass is 9.93. The first-order valence-electron chi connectivity index (χ1n) is 7.19. The van der Waals surface area contributed by atoms with Gasteiger partial charge in [-0.3, -0.25) is 14.4 Å². The number of carbonyl (C=O) groups excluding carboxylic acids is 1. The molecule has 0 unspecified atom stereocenters. The number of hydrogen-bond donors (Lipinski definition) is 0. The van der Waals surface area contributed by atoms with E-state index in [1.54, 1.807) is 12.3 Å². The fourth-order valence-electron chi connectivity index (χ4n) is 2.42. The average Bonchev–Trinajstić information content (AvgIpc) is 3.01. The molecule has 0 aromatic carbocycles. The molecule has 9 heteroatoms. The number of nitrogens with zero attached hydrogens (tertiary/aromatic N) is 4. The van der Waals surface area contributed by atoms with Gasteiger partial charge in [-0.1, -0.05) is 0 Å². The molecule has 0 N–H and O–H groups in total. The number of alkyl halides is 3. The standard InChI is InChI=1S/C14H15F3N4OS/c1-9-7-23-13(19-9)20(8-14(15,16)17)12(22)11-5-6-18-21(11)10-3-2-4-10/h5-7,10H,2-4,8H2,1H3. The van der Waals surface area contributed by atoms with E-state index in [0.717, 1.165) is 30.6 Å². The molecule has 1 aliphatic rings. The molecule has 23 heavy (non-hydrogen) atoms. The Kier molecular flexibility index (Phi) is 4.13. The van der Waals surface area contributed by atoms with E-state index < -0.39 is 18.6 Å². The lowest BCUT2D eigenvalue weighted by Gasteiger charge is -2.28. The molecule has 0 aliphatic heterocycles. The van der Waals surface area contributed by atoms with E-state index in [2.05, 4.69) is 10.1 Å². The fraction of sp³-hybridized carbons (Fsp3) is 0.500. The zero-order valence-electron chi connectivity index (χ0n) is 12.4. The van der Waals surface area contributed by atoms with E-state index in [1.807, 2.05) is 0 Å². The van der Waals surface area contributed by atoms with Gasteiger partial charge in [0.25, 0.3) is 5.91 Å². The average molecular weight is 344 g/mol. The van der Waals surface area contributed by atoms with E-state index in [0.29, 0.717) is 10.6 Å². The van der Waals surface area contributed by atoms with Gasteiger partial charge in [-0.15, -0.1) is 11.3 Å². The number of anilines is 1. The number of amides is 1. The number of rotatable bonds is 4. The Hall–Kier alpha value is -1.90. The molecule has 2 aromatic heterocycles. The summed E-state index contributed by atoms with van der Waals surface area (Å²) in [6.45, 7) is 0.309. The third-order valence-corrected chi connectivity index (χ3v) is 4.71. The number of aromatic nitrogens is 3. The van der Waals surface area contributed by atoms with Crippen molar-refractivity contribution in [3.8, 4) is 0 Å². The summed E-state index contributed by atoms with van der Waals surface area (Å²) in [4.78, 5) is 17.4. The second-order valence-corrected chi connectivity index (χ2v) is 6.36. The van der Waals surface area contributed by atoms with E-state index in [1.165, 1.54) is 16.9 Å². The highest BCUT2D eigenvalue weighted by Crippen LogP contribution is 2.33. The number of thiazole rings is 1. The Bertz CT molecular complexity index is 705. The maximum atomic E-state index is 12.9. The van der Waals surface area contributed by atoms with Crippen LogP contribution in [-0.2, 0) is 0 Å². The van der Waals surface area contributed by atoms with Crippen molar-refractivity contribution < 1.29 is 18.0 Å². The summed E-state index contributed by atoms with van der Waals surface area (Å²) in [5.74, 6) is -0.721. The van der Waals surface area contributed by atoms with Gasteiger partial charge in [0.1, 0.15) is 12.2 Å². The van der Waals surface area contributed by atoms with Crippen LogP contribution in [-0.4, -0.2) is 33.4 Å². The number of hydrogen-bond acceptors (Lipinski definition) is 4. The molecule has 1 aliphatic carbocycles. The first-order chi connectivity index (χ1) is 10.8. The molecule has 0 atom stereocenters. The van der Waals surface area contributed by atoms with Crippen LogP contribution in [0.4, 0.5) is 18.3 Å². The quantitative estimate of drug-likeness (QED) is 0.852. The van der Waals surface area contributed by atoms with Crippen LogP contribution >= 0.6 is 11.3 Å². The zero-order valence-corrected chi connectivity index (χ0v) is 13.2. The monoisotopic (exact) mass is 344 g/mol. The summed E-state index contributed by atoms with van der Waals surface area (Å²) >= 11 is 1.02. The topological polar surface area (TPSA) is 51.0 Å². The Balaban J connectivity index is 1.93. The van der Waals surface area contributed by atoms with Gasteiger partial charge in [-0.25, -0.2) is 4.98 Å². The second kappa shape index (κ2) is 5.95. The minimum absolute atomic E-state index is 0.0474. The highest BCUT2D eigenvalue weighted by atomic mass is 32.1. The molecule has 2 heterocycles. The minimum Gasteiger partial charge on any atom is -0.273 e. The van der Waals surface area contributed by atoms with Crippen LogP contribution in [0.15, 0.2) is 17.6 Å². The lowest BCUT2D eigenvalue weighted by Crippen LogP contribution is -2.40. The molecule has 0 spiro atoms. The molecule has 1 fully saturated rings. The van der Waals surface area contributed by atoms with Crippen molar-refractivity contribution in [1.29, 1.82) is 0 Å². The van der Waals surface area contributed by atoms with Gasteiger partial charge in [0.15, 0.2) is 5.13 Å². The van der Waals surface area contributed by atoms with Crippen LogP contribution in [0.5, 0.6) is 0 Å². The fourth-order valence-corrected chi connectivity index (χ4v) is 3.22. The third-order valence-electron chi connectivity index (χ3n) is 3.73. The van der Waals surface area contributed by atoms with Gasteiger partial charge < -0.3 is 0 Å². The summed E-state index contributed by atoms with van der Waals surface area (Å²) in [6, 6.07) is 1.56. The van der Waals surface area contributed by atoms with Crippen molar-refractivity contribution in [1.82, 2.24) is 14.8 Å². The van der Waals surface area contributed by atoms with Crippen molar-refractivity contribution in [2.24, 2.45) is 0 Å². The van der Waals surface area contributed by atoms with Gasteiger partial charge in [0, 0.05) is 11.6 Å².